The van der Waals surface area contributed by atoms with Crippen molar-refractivity contribution in [3.8, 4) is 0 Å². The third kappa shape index (κ3) is 4.54. The first kappa shape index (κ1) is 15.5. The van der Waals surface area contributed by atoms with Crippen LogP contribution in [-0.2, 0) is 16.1 Å². The molecule has 0 saturated carbocycles. The van der Waals surface area contributed by atoms with Crippen LogP contribution in [0.1, 0.15) is 26.7 Å². The van der Waals surface area contributed by atoms with Gasteiger partial charge in [-0.05, 0) is 12.3 Å². The predicted molar refractivity (Wildman–Crippen MR) is 77.2 cm³/mol. The molecule has 7 heteroatoms. The van der Waals surface area contributed by atoms with Gasteiger partial charge in [0.1, 0.15) is 0 Å². The molecule has 2 rings (SSSR count). The van der Waals surface area contributed by atoms with Crippen LogP contribution >= 0.6 is 0 Å². The highest BCUT2D eigenvalue weighted by Gasteiger charge is 2.30. The second-order valence-electron chi connectivity index (χ2n) is 5.89. The molecule has 1 aromatic heterocycles. The normalized spacial score (nSPS) is 19.1. The lowest BCUT2D eigenvalue weighted by Crippen LogP contribution is -2.47. The molecular formula is C14H23N5O2. The summed E-state index contributed by atoms with van der Waals surface area (Å²) < 4.78 is 1.68. The van der Waals surface area contributed by atoms with E-state index in [1.807, 2.05) is 4.90 Å². The van der Waals surface area contributed by atoms with Crippen LogP contribution in [0.25, 0.3) is 0 Å². The minimum absolute atomic E-state index is 0.0244. The number of carbonyl (C=O) groups is 2. The fraction of sp³-hybridized carbons (Fsp3) is 0.714. The Kier molecular flexibility index (Phi) is 5.30. The topological polar surface area (TPSA) is 80.1 Å². The van der Waals surface area contributed by atoms with E-state index < -0.39 is 0 Å². The first-order chi connectivity index (χ1) is 10.1. The average Bonchev–Trinajstić information content (AvgIpc) is 2.94. The smallest absolute Gasteiger partial charge is 0.224 e. The first-order valence-corrected chi connectivity index (χ1v) is 7.46. The Bertz CT molecular complexity index is 472. The summed E-state index contributed by atoms with van der Waals surface area (Å²) in [6.07, 6.45) is 4.48. The molecule has 2 amide bonds. The summed E-state index contributed by atoms with van der Waals surface area (Å²) >= 11 is 0. The number of piperidine rings is 1. The molecular weight excluding hydrogens is 270 g/mol. The molecule has 1 atom stereocenters. The quantitative estimate of drug-likeness (QED) is 0.817. The largest absolute Gasteiger partial charge is 0.354 e. The molecule has 0 bridgehead atoms. The van der Waals surface area contributed by atoms with Crippen molar-refractivity contribution in [3.05, 3.63) is 12.4 Å². The Labute approximate surface area is 124 Å². The molecule has 1 aromatic rings. The maximum absolute atomic E-state index is 12.2. The molecule has 1 N–H and O–H groups in total. The molecule has 1 saturated heterocycles. The van der Waals surface area contributed by atoms with Gasteiger partial charge in [-0.3, -0.25) is 14.3 Å². The summed E-state index contributed by atoms with van der Waals surface area (Å²) in [4.78, 5) is 25.8. The molecule has 1 aliphatic heterocycles. The number of carbonyl (C=O) groups excluding carboxylic acids is 2. The second kappa shape index (κ2) is 7.19. The van der Waals surface area contributed by atoms with E-state index in [0.29, 0.717) is 38.4 Å². The van der Waals surface area contributed by atoms with Gasteiger partial charge in [0.25, 0.3) is 0 Å². The lowest BCUT2D eigenvalue weighted by Gasteiger charge is -2.33. The zero-order valence-electron chi connectivity index (χ0n) is 12.7. The third-order valence-corrected chi connectivity index (χ3v) is 3.57. The van der Waals surface area contributed by atoms with E-state index in [1.165, 1.54) is 0 Å². The van der Waals surface area contributed by atoms with Crippen LogP contribution in [0.2, 0.25) is 0 Å². The van der Waals surface area contributed by atoms with E-state index in [0.717, 1.165) is 6.54 Å². The lowest BCUT2D eigenvalue weighted by atomic mass is 9.96. The summed E-state index contributed by atoms with van der Waals surface area (Å²) in [6, 6.07) is 0. The Morgan fingerprint density at radius 3 is 3.00 bits per heavy atom. The van der Waals surface area contributed by atoms with Gasteiger partial charge in [0.15, 0.2) is 0 Å². The van der Waals surface area contributed by atoms with Crippen LogP contribution < -0.4 is 5.32 Å². The molecule has 116 valence electrons. The average molecular weight is 293 g/mol. The van der Waals surface area contributed by atoms with Gasteiger partial charge in [0.05, 0.1) is 18.7 Å². The zero-order valence-corrected chi connectivity index (χ0v) is 12.7. The molecule has 2 heterocycles. The van der Waals surface area contributed by atoms with Crippen molar-refractivity contribution < 1.29 is 9.59 Å². The van der Waals surface area contributed by atoms with Gasteiger partial charge in [-0.1, -0.05) is 19.1 Å². The zero-order chi connectivity index (χ0) is 15.2. The monoisotopic (exact) mass is 293 g/mol. The predicted octanol–water partition coefficient (Wildman–Crippen LogP) is 0.289. The number of amides is 2. The molecule has 7 nitrogen and oxygen atoms in total. The van der Waals surface area contributed by atoms with Crippen molar-refractivity contribution >= 4 is 11.8 Å². The SMILES string of the molecule is CC(C)CN1CC(C(=O)NCCn2ccnn2)CCC1=O. The third-order valence-electron chi connectivity index (χ3n) is 3.57. The maximum atomic E-state index is 12.2. The molecule has 1 fully saturated rings. The first-order valence-electron chi connectivity index (χ1n) is 7.46. The van der Waals surface area contributed by atoms with Crippen LogP contribution in [-0.4, -0.2) is 51.3 Å². The van der Waals surface area contributed by atoms with E-state index in [4.69, 9.17) is 0 Å². The van der Waals surface area contributed by atoms with Gasteiger partial charge in [-0.25, -0.2) is 0 Å². The fourth-order valence-electron chi connectivity index (χ4n) is 2.54. The molecule has 0 spiro atoms. The molecule has 0 aromatic carbocycles. The van der Waals surface area contributed by atoms with Gasteiger partial charge in [0, 0.05) is 32.3 Å². The van der Waals surface area contributed by atoms with E-state index in [1.54, 1.807) is 17.1 Å². The Balaban J connectivity index is 1.77. The molecule has 21 heavy (non-hydrogen) atoms. The highest BCUT2D eigenvalue weighted by molar-refractivity contribution is 5.83. The number of nitrogens with one attached hydrogen (secondary N) is 1. The minimum Gasteiger partial charge on any atom is -0.354 e. The van der Waals surface area contributed by atoms with Crippen LogP contribution in [0.5, 0.6) is 0 Å². The summed E-state index contributed by atoms with van der Waals surface area (Å²) in [5.41, 5.74) is 0. The highest BCUT2D eigenvalue weighted by Crippen LogP contribution is 2.18. The van der Waals surface area contributed by atoms with Gasteiger partial charge in [0.2, 0.25) is 11.8 Å². The number of hydrogen-bond donors (Lipinski definition) is 1. The Morgan fingerprint density at radius 1 is 1.52 bits per heavy atom. The number of likely N-dealkylation sites (tertiary alicyclic amines) is 1. The molecule has 0 aliphatic carbocycles. The van der Waals surface area contributed by atoms with Crippen molar-refractivity contribution in [3.63, 3.8) is 0 Å². The van der Waals surface area contributed by atoms with Crippen molar-refractivity contribution in [2.75, 3.05) is 19.6 Å². The minimum atomic E-state index is -0.0998. The highest BCUT2D eigenvalue weighted by atomic mass is 16.2. The second-order valence-corrected chi connectivity index (χ2v) is 5.89. The van der Waals surface area contributed by atoms with Crippen LogP contribution in [0.4, 0.5) is 0 Å². The van der Waals surface area contributed by atoms with E-state index in [2.05, 4.69) is 29.5 Å². The number of hydrogen-bond acceptors (Lipinski definition) is 4. The summed E-state index contributed by atoms with van der Waals surface area (Å²) in [5.74, 6) is 0.506. The fourth-order valence-corrected chi connectivity index (χ4v) is 2.54. The molecule has 0 radical (unpaired) electrons. The molecule has 1 unspecified atom stereocenters. The summed E-state index contributed by atoms with van der Waals surface area (Å²) in [6.45, 7) is 6.54. The van der Waals surface area contributed by atoms with Gasteiger partial charge in [-0.15, -0.1) is 5.10 Å². The number of nitrogens with zero attached hydrogens (tertiary/aromatic N) is 4. The van der Waals surface area contributed by atoms with E-state index in [9.17, 15) is 9.59 Å². The van der Waals surface area contributed by atoms with Crippen molar-refractivity contribution in [1.29, 1.82) is 0 Å². The van der Waals surface area contributed by atoms with Crippen molar-refractivity contribution in [2.45, 2.75) is 33.2 Å². The maximum Gasteiger partial charge on any atom is 0.224 e. The van der Waals surface area contributed by atoms with Gasteiger partial charge < -0.3 is 10.2 Å². The lowest BCUT2D eigenvalue weighted by molar-refractivity contribution is -0.138. The van der Waals surface area contributed by atoms with E-state index in [-0.39, 0.29) is 17.7 Å². The number of rotatable bonds is 6. The van der Waals surface area contributed by atoms with Crippen molar-refractivity contribution in [1.82, 2.24) is 25.2 Å². The standard InChI is InChI=1S/C14H23N5O2/c1-11(2)9-18-10-12(3-4-13(18)20)14(21)15-5-7-19-8-6-16-17-19/h6,8,11-12H,3-5,7,9-10H2,1-2H3,(H,15,21). The van der Waals surface area contributed by atoms with Crippen LogP contribution in [0.3, 0.4) is 0 Å². The molecule has 1 aliphatic rings. The van der Waals surface area contributed by atoms with Crippen molar-refractivity contribution in [2.24, 2.45) is 11.8 Å². The summed E-state index contributed by atoms with van der Waals surface area (Å²) in [7, 11) is 0. The van der Waals surface area contributed by atoms with Crippen LogP contribution in [0.15, 0.2) is 12.4 Å². The number of aromatic nitrogens is 3. The summed E-state index contributed by atoms with van der Waals surface area (Å²) in [5, 5.41) is 10.5. The van der Waals surface area contributed by atoms with Crippen LogP contribution in [0, 0.1) is 11.8 Å². The van der Waals surface area contributed by atoms with Gasteiger partial charge >= 0.3 is 0 Å². The Hall–Kier alpha value is -1.92. The Morgan fingerprint density at radius 2 is 2.33 bits per heavy atom. The van der Waals surface area contributed by atoms with Gasteiger partial charge in [-0.2, -0.15) is 0 Å². The van der Waals surface area contributed by atoms with E-state index >= 15 is 0 Å².